The van der Waals surface area contributed by atoms with E-state index in [2.05, 4.69) is 34.4 Å². The van der Waals surface area contributed by atoms with Crippen LogP contribution in [0.4, 0.5) is 16.3 Å². The van der Waals surface area contributed by atoms with Crippen LogP contribution in [0.5, 0.6) is 11.5 Å². The lowest BCUT2D eigenvalue weighted by Gasteiger charge is -2.42. The van der Waals surface area contributed by atoms with Crippen LogP contribution in [-0.4, -0.2) is 82.8 Å². The van der Waals surface area contributed by atoms with Crippen LogP contribution in [0, 0.1) is 0 Å². The minimum absolute atomic E-state index is 0.108. The van der Waals surface area contributed by atoms with Crippen LogP contribution in [0.2, 0.25) is 0 Å². The Bertz CT molecular complexity index is 1580. The number of aromatic nitrogens is 4. The van der Waals surface area contributed by atoms with Crippen LogP contribution in [-0.2, 0) is 11.2 Å². The van der Waals surface area contributed by atoms with Crippen LogP contribution >= 0.6 is 0 Å². The fourth-order valence-electron chi connectivity index (χ4n) is 5.28. The molecule has 2 N–H and O–H groups in total. The van der Waals surface area contributed by atoms with Crippen molar-refractivity contribution in [2.75, 3.05) is 50.6 Å². The molecule has 1 fully saturated rings. The Morgan fingerprint density at radius 1 is 1.00 bits per heavy atom. The number of carbonyl (C=O) groups excluding carboxylic acids is 2. The van der Waals surface area contributed by atoms with E-state index in [9.17, 15) is 9.59 Å². The Kier molecular flexibility index (Phi) is 10.1. The molecule has 1 aliphatic rings. The average Bonchev–Trinajstić information content (AvgIpc) is 3.60. The van der Waals surface area contributed by atoms with Crippen molar-refractivity contribution in [2.45, 2.75) is 38.6 Å². The number of nitrogens with zero attached hydrogens (tertiary/aromatic N) is 6. The number of nitrogens with one attached hydrogen (secondary N) is 2. The number of imidazole rings is 1. The van der Waals surface area contributed by atoms with Gasteiger partial charge in [-0.15, -0.1) is 0 Å². The molecule has 1 atom stereocenters. The number of amides is 3. The van der Waals surface area contributed by atoms with E-state index >= 15 is 0 Å². The Labute approximate surface area is 263 Å². The van der Waals surface area contributed by atoms with Crippen molar-refractivity contribution in [3.05, 3.63) is 84.6 Å². The Morgan fingerprint density at radius 2 is 1.80 bits per heavy atom. The maximum absolute atomic E-state index is 13.4. The first-order chi connectivity index (χ1) is 21.8. The molecule has 236 valence electrons. The van der Waals surface area contributed by atoms with Crippen molar-refractivity contribution in [3.8, 4) is 17.4 Å². The highest BCUT2D eigenvalue weighted by Crippen LogP contribution is 2.28. The molecular weight excluding hydrogens is 572 g/mol. The maximum atomic E-state index is 13.4. The molecule has 2 aromatic heterocycles. The number of benzene rings is 2. The number of rotatable bonds is 11. The minimum Gasteiger partial charge on any atom is -0.493 e. The van der Waals surface area contributed by atoms with Gasteiger partial charge in [-0.1, -0.05) is 38.1 Å². The molecule has 0 saturated carbocycles. The van der Waals surface area contributed by atoms with Crippen LogP contribution in [0.15, 0.2) is 73.3 Å². The molecule has 45 heavy (non-hydrogen) atoms. The van der Waals surface area contributed by atoms with Gasteiger partial charge in [0.2, 0.25) is 11.9 Å². The third-order valence-electron chi connectivity index (χ3n) is 7.74. The van der Waals surface area contributed by atoms with Crippen LogP contribution in [0.1, 0.15) is 37.4 Å². The quantitative estimate of drug-likeness (QED) is 0.257. The summed E-state index contributed by atoms with van der Waals surface area (Å²) in [5.74, 6) is 2.58. The number of para-hydroxylation sites is 1. The van der Waals surface area contributed by atoms with Crippen LogP contribution < -0.4 is 25.0 Å². The monoisotopic (exact) mass is 612 g/mol. The summed E-state index contributed by atoms with van der Waals surface area (Å²) in [6.07, 6.45) is 5.97. The molecule has 0 aliphatic carbocycles. The van der Waals surface area contributed by atoms with Crippen molar-refractivity contribution in [2.24, 2.45) is 0 Å². The van der Waals surface area contributed by atoms with E-state index in [1.165, 1.54) is 0 Å². The third-order valence-corrected chi connectivity index (χ3v) is 7.74. The van der Waals surface area contributed by atoms with Gasteiger partial charge in [0.1, 0.15) is 12.1 Å². The molecule has 1 aliphatic heterocycles. The molecule has 12 heteroatoms. The van der Waals surface area contributed by atoms with Crippen LogP contribution in [0.3, 0.4) is 0 Å². The van der Waals surface area contributed by atoms with E-state index in [0.29, 0.717) is 55.9 Å². The van der Waals surface area contributed by atoms with Gasteiger partial charge in [-0.05, 0) is 42.2 Å². The lowest BCUT2D eigenvalue weighted by molar-refractivity contribution is -0.121. The van der Waals surface area contributed by atoms with Crippen LogP contribution in [0.25, 0.3) is 5.95 Å². The lowest BCUT2D eigenvalue weighted by Crippen LogP contribution is -2.57. The van der Waals surface area contributed by atoms with Crippen molar-refractivity contribution in [1.82, 2.24) is 29.7 Å². The number of methoxy groups -OCH3 is 2. The summed E-state index contributed by atoms with van der Waals surface area (Å²) in [4.78, 5) is 44.3. The van der Waals surface area contributed by atoms with Gasteiger partial charge in [0, 0.05) is 56.7 Å². The Hall–Kier alpha value is -5.13. The van der Waals surface area contributed by atoms with Gasteiger partial charge >= 0.3 is 6.03 Å². The first-order valence-corrected chi connectivity index (χ1v) is 15.1. The number of urea groups is 1. The highest BCUT2D eigenvalue weighted by molar-refractivity contribution is 5.89. The first-order valence-electron chi connectivity index (χ1n) is 15.1. The van der Waals surface area contributed by atoms with Crippen molar-refractivity contribution in [1.29, 1.82) is 0 Å². The molecular formula is C33H40N8O4. The Balaban J connectivity index is 1.33. The van der Waals surface area contributed by atoms with Crippen molar-refractivity contribution >= 4 is 23.4 Å². The summed E-state index contributed by atoms with van der Waals surface area (Å²) >= 11 is 0. The summed E-state index contributed by atoms with van der Waals surface area (Å²) < 4.78 is 12.5. The Morgan fingerprint density at radius 3 is 2.51 bits per heavy atom. The van der Waals surface area contributed by atoms with E-state index < -0.39 is 0 Å². The maximum Gasteiger partial charge on any atom is 0.321 e. The van der Waals surface area contributed by atoms with E-state index in [4.69, 9.17) is 19.4 Å². The van der Waals surface area contributed by atoms with Gasteiger partial charge in [0.25, 0.3) is 0 Å². The van der Waals surface area contributed by atoms with E-state index in [1.54, 1.807) is 42.4 Å². The minimum atomic E-state index is -0.313. The van der Waals surface area contributed by atoms with Gasteiger partial charge in [-0.3, -0.25) is 9.36 Å². The molecule has 1 unspecified atom stereocenters. The zero-order chi connectivity index (χ0) is 31.8. The van der Waals surface area contributed by atoms with Crippen molar-refractivity contribution in [3.63, 3.8) is 0 Å². The highest BCUT2D eigenvalue weighted by atomic mass is 16.5. The van der Waals surface area contributed by atoms with Gasteiger partial charge in [-0.2, -0.15) is 4.98 Å². The lowest BCUT2D eigenvalue weighted by atomic mass is 10.1. The molecule has 0 radical (unpaired) electrons. The average molecular weight is 613 g/mol. The van der Waals surface area contributed by atoms with Crippen molar-refractivity contribution < 1.29 is 19.1 Å². The second-order valence-corrected chi connectivity index (χ2v) is 11.2. The second-order valence-electron chi connectivity index (χ2n) is 11.2. The fraction of sp³-hybridized carbons (Fsp3) is 0.364. The van der Waals surface area contributed by atoms with Gasteiger partial charge in [0.15, 0.2) is 11.5 Å². The van der Waals surface area contributed by atoms with Gasteiger partial charge < -0.3 is 29.9 Å². The fourth-order valence-corrected chi connectivity index (χ4v) is 5.28. The number of hydrogen-bond donors (Lipinski definition) is 2. The zero-order valence-corrected chi connectivity index (χ0v) is 26.1. The molecule has 5 rings (SSSR count). The predicted octanol–water partition coefficient (Wildman–Crippen LogP) is 4.27. The molecule has 4 aromatic rings. The number of ether oxygens (including phenoxy) is 2. The summed E-state index contributed by atoms with van der Waals surface area (Å²) in [6.45, 7) is 5.94. The smallest absolute Gasteiger partial charge is 0.321 e. The topological polar surface area (TPSA) is 127 Å². The third kappa shape index (κ3) is 7.88. The highest BCUT2D eigenvalue weighted by Gasteiger charge is 2.33. The zero-order valence-electron chi connectivity index (χ0n) is 26.1. The number of piperazine rings is 1. The number of hydrogen-bond acceptors (Lipinski definition) is 8. The molecule has 3 heterocycles. The van der Waals surface area contributed by atoms with Gasteiger partial charge in [0.05, 0.1) is 26.0 Å². The van der Waals surface area contributed by atoms with Gasteiger partial charge in [-0.25, -0.2) is 14.8 Å². The molecule has 12 nitrogen and oxygen atoms in total. The standard InChI is InChI=1S/C33H40N8O4/c1-23(2)27-20-30(38-32(37-27)40-15-14-34-22-40)41-17-16-39(33(43)36-25-8-6-5-7-9-25)21-26(41)19-31(42)35-13-12-24-10-11-28(44-3)29(18-24)45-4/h5-11,14-15,18,20,22-23,26H,12-13,16-17,19,21H2,1-4H3,(H,35,42)(H,36,43). The van der Waals surface area contributed by atoms with E-state index in [0.717, 1.165) is 16.9 Å². The normalized spacial score (nSPS) is 14.7. The summed E-state index contributed by atoms with van der Waals surface area (Å²) in [5.41, 5.74) is 2.62. The molecule has 2 aromatic carbocycles. The molecule has 0 bridgehead atoms. The number of carbonyl (C=O) groups is 2. The first kappa shape index (κ1) is 31.3. The van der Waals surface area contributed by atoms with E-state index in [-0.39, 0.29) is 30.3 Å². The molecule has 3 amide bonds. The molecule has 0 spiro atoms. The van der Waals surface area contributed by atoms with E-state index in [1.807, 2.05) is 54.6 Å². The largest absolute Gasteiger partial charge is 0.493 e. The summed E-state index contributed by atoms with van der Waals surface area (Å²) in [7, 11) is 3.20. The number of anilines is 2. The predicted molar refractivity (Wildman–Crippen MR) is 172 cm³/mol. The second kappa shape index (κ2) is 14.6. The molecule has 1 saturated heterocycles. The summed E-state index contributed by atoms with van der Waals surface area (Å²) in [5, 5.41) is 6.04. The SMILES string of the molecule is COc1ccc(CCNC(=O)CC2CN(C(=O)Nc3ccccc3)CCN2c2cc(C(C)C)nc(-n3ccnc3)n2)cc1OC. The summed E-state index contributed by atoms with van der Waals surface area (Å²) in [6, 6.07) is 16.5.